The molecule has 0 fully saturated rings. The fourth-order valence-corrected chi connectivity index (χ4v) is 3.12. The quantitative estimate of drug-likeness (QED) is 0.809. The molecular weight excluding hydrogens is 216 g/mol. The van der Waals surface area contributed by atoms with Gasteiger partial charge in [0.25, 0.3) is 0 Å². The van der Waals surface area contributed by atoms with Crippen molar-refractivity contribution in [3.8, 4) is 0 Å². The lowest BCUT2D eigenvalue weighted by Crippen LogP contribution is -2.24. The molecule has 16 heavy (non-hydrogen) atoms. The van der Waals surface area contributed by atoms with Crippen molar-refractivity contribution in [1.29, 1.82) is 0 Å². The van der Waals surface area contributed by atoms with Crippen LogP contribution in [-0.4, -0.2) is 4.98 Å². The molecule has 1 aliphatic heterocycles. The van der Waals surface area contributed by atoms with Crippen molar-refractivity contribution in [2.75, 3.05) is 5.32 Å². The van der Waals surface area contributed by atoms with Gasteiger partial charge in [-0.1, -0.05) is 30.0 Å². The molecular formula is C13H12N2S. The van der Waals surface area contributed by atoms with Gasteiger partial charge in [-0.3, -0.25) is 4.98 Å². The SMILES string of the molecule is C[C@@]1(c2ccccn2)Nc2ccccc2S1. The summed E-state index contributed by atoms with van der Waals surface area (Å²) in [5, 5.41) is 3.53. The van der Waals surface area contributed by atoms with Gasteiger partial charge in [-0.05, 0) is 31.2 Å². The van der Waals surface area contributed by atoms with Crippen molar-refractivity contribution in [2.24, 2.45) is 0 Å². The fraction of sp³-hybridized carbons (Fsp3) is 0.154. The van der Waals surface area contributed by atoms with Crippen LogP contribution in [0.15, 0.2) is 53.6 Å². The maximum Gasteiger partial charge on any atom is 0.128 e. The molecule has 0 spiro atoms. The monoisotopic (exact) mass is 228 g/mol. The van der Waals surface area contributed by atoms with E-state index in [0.717, 1.165) is 5.69 Å². The van der Waals surface area contributed by atoms with Crippen molar-refractivity contribution < 1.29 is 0 Å². The molecule has 1 aromatic heterocycles. The summed E-state index contributed by atoms with van der Waals surface area (Å²) in [4.78, 5) is 5.57. The van der Waals surface area contributed by atoms with Crippen molar-refractivity contribution in [3.05, 3.63) is 54.4 Å². The van der Waals surface area contributed by atoms with E-state index >= 15 is 0 Å². The maximum atomic E-state index is 4.43. The number of para-hydroxylation sites is 1. The van der Waals surface area contributed by atoms with Gasteiger partial charge in [0.15, 0.2) is 0 Å². The topological polar surface area (TPSA) is 24.9 Å². The average Bonchev–Trinajstić information content (AvgIpc) is 2.68. The van der Waals surface area contributed by atoms with E-state index in [-0.39, 0.29) is 4.87 Å². The Morgan fingerprint density at radius 1 is 1.12 bits per heavy atom. The second-order valence-corrected chi connectivity index (χ2v) is 5.43. The van der Waals surface area contributed by atoms with E-state index in [0.29, 0.717) is 0 Å². The van der Waals surface area contributed by atoms with Crippen LogP contribution in [0.1, 0.15) is 12.6 Å². The lowest BCUT2D eigenvalue weighted by Gasteiger charge is -2.23. The number of rotatable bonds is 1. The molecule has 0 radical (unpaired) electrons. The van der Waals surface area contributed by atoms with Gasteiger partial charge in [-0.2, -0.15) is 0 Å². The van der Waals surface area contributed by atoms with E-state index in [4.69, 9.17) is 0 Å². The smallest absolute Gasteiger partial charge is 0.128 e. The number of nitrogens with zero attached hydrogens (tertiary/aromatic N) is 1. The Hall–Kier alpha value is -1.48. The number of hydrogen-bond donors (Lipinski definition) is 1. The molecule has 1 aliphatic rings. The first-order valence-electron chi connectivity index (χ1n) is 5.26. The van der Waals surface area contributed by atoms with Gasteiger partial charge >= 0.3 is 0 Å². The first kappa shape index (κ1) is 9.73. The van der Waals surface area contributed by atoms with Crippen LogP contribution in [0, 0.1) is 0 Å². The summed E-state index contributed by atoms with van der Waals surface area (Å²) >= 11 is 1.82. The van der Waals surface area contributed by atoms with Crippen molar-refractivity contribution >= 4 is 17.4 Å². The van der Waals surface area contributed by atoms with Crippen LogP contribution < -0.4 is 5.32 Å². The van der Waals surface area contributed by atoms with Gasteiger partial charge in [-0.25, -0.2) is 0 Å². The van der Waals surface area contributed by atoms with E-state index in [1.54, 1.807) is 0 Å². The molecule has 0 saturated carbocycles. The molecule has 2 nitrogen and oxygen atoms in total. The summed E-state index contributed by atoms with van der Waals surface area (Å²) in [6.45, 7) is 2.17. The Morgan fingerprint density at radius 3 is 2.69 bits per heavy atom. The van der Waals surface area contributed by atoms with Crippen LogP contribution in [-0.2, 0) is 4.87 Å². The molecule has 2 heterocycles. The van der Waals surface area contributed by atoms with Gasteiger partial charge in [0.1, 0.15) is 4.87 Å². The molecule has 80 valence electrons. The summed E-state index contributed by atoms with van der Waals surface area (Å²) in [6, 6.07) is 14.4. The van der Waals surface area contributed by atoms with Crippen LogP contribution in [0.4, 0.5) is 5.69 Å². The summed E-state index contributed by atoms with van der Waals surface area (Å²) < 4.78 is 0. The normalized spacial score (nSPS) is 22.6. The van der Waals surface area contributed by atoms with E-state index in [2.05, 4.69) is 47.6 Å². The predicted octanol–water partition coefficient (Wildman–Crippen LogP) is 3.47. The third-order valence-electron chi connectivity index (χ3n) is 2.73. The van der Waals surface area contributed by atoms with Gasteiger partial charge in [0.2, 0.25) is 0 Å². The molecule has 1 N–H and O–H groups in total. The van der Waals surface area contributed by atoms with Crippen molar-refractivity contribution in [3.63, 3.8) is 0 Å². The Labute approximate surface area is 99.1 Å². The van der Waals surface area contributed by atoms with E-state index in [1.807, 2.05) is 30.1 Å². The molecule has 3 heteroatoms. The molecule has 0 bridgehead atoms. The Kier molecular flexibility index (Phi) is 2.14. The van der Waals surface area contributed by atoms with E-state index in [1.165, 1.54) is 10.6 Å². The van der Waals surface area contributed by atoms with Gasteiger partial charge in [-0.15, -0.1) is 0 Å². The number of pyridine rings is 1. The molecule has 1 atom stereocenters. The van der Waals surface area contributed by atoms with Crippen LogP contribution in [0.3, 0.4) is 0 Å². The van der Waals surface area contributed by atoms with Crippen molar-refractivity contribution in [2.45, 2.75) is 16.7 Å². The number of anilines is 1. The zero-order valence-electron chi connectivity index (χ0n) is 8.97. The van der Waals surface area contributed by atoms with Crippen LogP contribution in [0.2, 0.25) is 0 Å². The number of aromatic nitrogens is 1. The van der Waals surface area contributed by atoms with E-state index < -0.39 is 0 Å². The predicted molar refractivity (Wildman–Crippen MR) is 67.5 cm³/mol. The van der Waals surface area contributed by atoms with E-state index in [9.17, 15) is 0 Å². The third kappa shape index (κ3) is 1.48. The second-order valence-electron chi connectivity index (χ2n) is 3.97. The number of thioether (sulfide) groups is 1. The number of fused-ring (bicyclic) bond motifs is 1. The lowest BCUT2D eigenvalue weighted by atomic mass is 10.2. The Bertz CT molecular complexity index is 485. The van der Waals surface area contributed by atoms with Crippen LogP contribution >= 0.6 is 11.8 Å². The molecule has 3 rings (SSSR count). The first-order chi connectivity index (χ1) is 7.78. The minimum Gasteiger partial charge on any atom is -0.365 e. The molecule has 2 aromatic rings. The van der Waals surface area contributed by atoms with Crippen molar-refractivity contribution in [1.82, 2.24) is 4.98 Å². The lowest BCUT2D eigenvalue weighted by molar-refractivity contribution is 0.777. The summed E-state index contributed by atoms with van der Waals surface area (Å²) in [5.41, 5.74) is 2.26. The highest BCUT2D eigenvalue weighted by molar-refractivity contribution is 8.00. The zero-order chi connectivity index (χ0) is 11.0. The molecule has 1 aromatic carbocycles. The highest BCUT2D eigenvalue weighted by atomic mass is 32.2. The molecule has 0 aliphatic carbocycles. The van der Waals surface area contributed by atoms with Gasteiger partial charge < -0.3 is 5.32 Å². The minimum absolute atomic E-state index is 0.148. The van der Waals surface area contributed by atoms with Crippen LogP contribution in [0.5, 0.6) is 0 Å². The highest BCUT2D eigenvalue weighted by Crippen LogP contribution is 2.49. The molecule has 0 amide bonds. The summed E-state index contributed by atoms with van der Waals surface area (Å²) in [7, 11) is 0. The maximum absolute atomic E-state index is 4.43. The number of nitrogens with one attached hydrogen (secondary N) is 1. The second kappa shape index (κ2) is 3.52. The number of hydrogen-bond acceptors (Lipinski definition) is 3. The third-order valence-corrected chi connectivity index (χ3v) is 4.02. The van der Waals surface area contributed by atoms with Gasteiger partial charge in [0.05, 0.1) is 5.69 Å². The standard InChI is InChI=1S/C13H12N2S/c1-13(12-8-4-5-9-14-12)15-10-6-2-3-7-11(10)16-13/h2-9,15H,1H3/t13-/m1/s1. The molecule has 0 unspecified atom stereocenters. The Morgan fingerprint density at radius 2 is 1.94 bits per heavy atom. The Balaban J connectivity index is 2.01. The summed E-state index contributed by atoms with van der Waals surface area (Å²) in [5.74, 6) is 0. The van der Waals surface area contributed by atoms with Gasteiger partial charge in [0, 0.05) is 16.8 Å². The zero-order valence-corrected chi connectivity index (χ0v) is 9.79. The van der Waals surface area contributed by atoms with Crippen LogP contribution in [0.25, 0.3) is 0 Å². The average molecular weight is 228 g/mol. The molecule has 0 saturated heterocycles. The summed E-state index contributed by atoms with van der Waals surface area (Å²) in [6.07, 6.45) is 1.84. The number of benzene rings is 1. The highest BCUT2D eigenvalue weighted by Gasteiger charge is 2.35. The first-order valence-corrected chi connectivity index (χ1v) is 6.07. The minimum atomic E-state index is -0.148. The fourth-order valence-electron chi connectivity index (χ4n) is 1.92. The largest absolute Gasteiger partial charge is 0.365 e.